The molecule has 8 nitrogen and oxygen atoms in total. The Balaban J connectivity index is 1.31. The van der Waals surface area contributed by atoms with Crippen LogP contribution in [0.4, 0.5) is 26.3 Å². The number of halogens is 7. The predicted molar refractivity (Wildman–Crippen MR) is 156 cm³/mol. The first-order valence-corrected chi connectivity index (χ1v) is 15.2. The first kappa shape index (κ1) is 32.1. The van der Waals surface area contributed by atoms with E-state index in [9.17, 15) is 27.2 Å². The number of nitrogens with zero attached hydrogens (tertiary/aromatic N) is 4. The average Bonchev–Trinajstić information content (AvgIpc) is 3.42. The Morgan fingerprint density at radius 2 is 1.80 bits per heavy atom. The minimum atomic E-state index is -3.42. The topological polar surface area (TPSA) is 91.0 Å². The van der Waals surface area contributed by atoms with Gasteiger partial charge in [0, 0.05) is 28.2 Å². The molecule has 3 atom stereocenters. The van der Waals surface area contributed by atoms with Gasteiger partial charge in [-0.05, 0) is 85.3 Å². The van der Waals surface area contributed by atoms with Crippen LogP contribution in [0.1, 0.15) is 73.8 Å². The predicted octanol–water partition coefficient (Wildman–Crippen LogP) is 6.86. The highest BCUT2D eigenvalue weighted by Crippen LogP contribution is 2.68. The number of aromatic nitrogens is 4. The number of pyridine rings is 1. The molecule has 1 aromatic carbocycles. The molecule has 0 unspecified atom stereocenters. The van der Waals surface area contributed by atoms with Gasteiger partial charge in [-0.15, -0.1) is 0 Å². The number of ether oxygens (including phenoxy) is 1. The number of alkyl halides is 4. The standard InChI is InChI=1S/C31H28BrF6N5O3/c1-30(2,3)46-24(45)13-42-5-4-20-22(42)11-19(32)26(40-20)21(8-14-6-15(33)9-16(34)7-14)39-23(44)12-43-28-25(27(41-43)29(35)36)17-10-18(17)31(28,37)38/h4-7,9,11,17-18,21,29H,8,10,12-13H2,1-3H3,(H,39,44)/t17-,18+,21+/m0/s1. The third-order valence-corrected chi connectivity index (χ3v) is 8.58. The molecule has 0 saturated heterocycles. The Hall–Kier alpha value is -3.88. The fourth-order valence-electron chi connectivity index (χ4n) is 6.13. The molecule has 244 valence electrons. The minimum absolute atomic E-state index is 0.0750. The van der Waals surface area contributed by atoms with Crippen molar-refractivity contribution in [2.45, 2.75) is 76.6 Å². The molecule has 2 aliphatic carbocycles. The largest absolute Gasteiger partial charge is 0.459 e. The number of hydrogen-bond acceptors (Lipinski definition) is 5. The normalized spacial score (nSPS) is 18.8. The van der Waals surface area contributed by atoms with Crippen molar-refractivity contribution in [1.29, 1.82) is 0 Å². The second-order valence-electron chi connectivity index (χ2n) is 12.6. The van der Waals surface area contributed by atoms with Gasteiger partial charge < -0.3 is 14.6 Å². The summed E-state index contributed by atoms with van der Waals surface area (Å²) in [6, 6.07) is 5.06. The van der Waals surface area contributed by atoms with Gasteiger partial charge in [-0.25, -0.2) is 22.5 Å². The number of nitrogens with one attached hydrogen (secondary N) is 1. The van der Waals surface area contributed by atoms with Crippen LogP contribution in [-0.2, 0) is 39.8 Å². The number of benzene rings is 1. The maximum Gasteiger partial charge on any atom is 0.326 e. The lowest BCUT2D eigenvalue weighted by molar-refractivity contribution is -0.155. The monoisotopic (exact) mass is 711 g/mol. The summed E-state index contributed by atoms with van der Waals surface area (Å²) in [5.74, 6) is -8.29. The number of rotatable bonds is 9. The molecule has 15 heteroatoms. The summed E-state index contributed by atoms with van der Waals surface area (Å²) >= 11 is 3.45. The van der Waals surface area contributed by atoms with Gasteiger partial charge >= 0.3 is 5.97 Å². The van der Waals surface area contributed by atoms with Gasteiger partial charge in [0.25, 0.3) is 12.3 Å². The van der Waals surface area contributed by atoms with E-state index in [-0.39, 0.29) is 36.2 Å². The van der Waals surface area contributed by atoms with E-state index in [0.29, 0.717) is 26.3 Å². The quantitative estimate of drug-likeness (QED) is 0.151. The van der Waals surface area contributed by atoms with Gasteiger partial charge in [-0.1, -0.05) is 0 Å². The van der Waals surface area contributed by atoms with Crippen molar-refractivity contribution in [3.05, 3.63) is 80.8 Å². The number of esters is 1. The SMILES string of the molecule is CC(C)(C)OC(=O)Cn1ccc2nc([C@@H](Cc3cc(F)cc(F)c3)NC(=O)Cn3nc(C(F)F)c4c3C(F)(F)[C@@H]3C[C@H]43)c(Br)cc21. The number of carbonyl (C=O) groups is 2. The van der Waals surface area contributed by atoms with Crippen molar-refractivity contribution in [2.75, 3.05) is 0 Å². The smallest absolute Gasteiger partial charge is 0.326 e. The molecule has 46 heavy (non-hydrogen) atoms. The van der Waals surface area contributed by atoms with Crippen molar-refractivity contribution in [1.82, 2.24) is 24.6 Å². The highest BCUT2D eigenvalue weighted by Gasteiger charge is 2.67. The van der Waals surface area contributed by atoms with Crippen LogP contribution in [0.15, 0.2) is 41.0 Å². The lowest BCUT2D eigenvalue weighted by Gasteiger charge is -2.22. The van der Waals surface area contributed by atoms with E-state index in [1.807, 2.05) is 0 Å². The molecule has 2 aliphatic rings. The second-order valence-corrected chi connectivity index (χ2v) is 13.4. The van der Waals surface area contributed by atoms with Gasteiger partial charge in [0.1, 0.15) is 41.7 Å². The molecule has 3 heterocycles. The zero-order chi connectivity index (χ0) is 33.3. The van der Waals surface area contributed by atoms with Gasteiger partial charge in [-0.3, -0.25) is 14.3 Å². The zero-order valence-corrected chi connectivity index (χ0v) is 26.3. The number of hydrogen-bond donors (Lipinski definition) is 1. The van der Waals surface area contributed by atoms with Crippen LogP contribution in [0.5, 0.6) is 0 Å². The van der Waals surface area contributed by atoms with Crippen LogP contribution in [0.2, 0.25) is 0 Å². The first-order valence-electron chi connectivity index (χ1n) is 14.4. The Kier molecular flexibility index (Phi) is 7.97. The third-order valence-electron chi connectivity index (χ3n) is 7.94. The fourth-order valence-corrected chi connectivity index (χ4v) is 6.71. The summed E-state index contributed by atoms with van der Waals surface area (Å²) < 4.78 is 93.8. The summed E-state index contributed by atoms with van der Waals surface area (Å²) in [5, 5.41) is 6.37. The van der Waals surface area contributed by atoms with Gasteiger partial charge in [-0.2, -0.15) is 13.9 Å². The van der Waals surface area contributed by atoms with E-state index in [1.54, 1.807) is 43.7 Å². The third kappa shape index (κ3) is 6.13. The summed E-state index contributed by atoms with van der Waals surface area (Å²) in [4.78, 5) is 30.5. The van der Waals surface area contributed by atoms with Crippen molar-refractivity contribution in [3.8, 4) is 0 Å². The molecule has 1 fully saturated rings. The molecular weight excluding hydrogens is 684 g/mol. The van der Waals surface area contributed by atoms with E-state index in [1.165, 1.54) is 0 Å². The van der Waals surface area contributed by atoms with Crippen molar-refractivity contribution in [3.63, 3.8) is 0 Å². The number of amides is 1. The van der Waals surface area contributed by atoms with Crippen LogP contribution in [0.3, 0.4) is 0 Å². The number of carbonyl (C=O) groups excluding carboxylic acids is 2. The van der Waals surface area contributed by atoms with Gasteiger partial charge in [0.2, 0.25) is 5.91 Å². The Morgan fingerprint density at radius 3 is 2.46 bits per heavy atom. The van der Waals surface area contributed by atoms with Gasteiger partial charge in [0.15, 0.2) is 0 Å². The lowest BCUT2D eigenvalue weighted by Crippen LogP contribution is -2.35. The van der Waals surface area contributed by atoms with Crippen LogP contribution in [0, 0.1) is 17.6 Å². The molecule has 0 radical (unpaired) electrons. The molecule has 1 saturated carbocycles. The fraction of sp³-hybridized carbons (Fsp3) is 0.419. The molecule has 1 N–H and O–H groups in total. The average molecular weight is 712 g/mol. The van der Waals surface area contributed by atoms with E-state index >= 15 is 8.78 Å². The molecule has 1 amide bonds. The summed E-state index contributed by atoms with van der Waals surface area (Å²) in [5.41, 5.74) is -0.999. The van der Waals surface area contributed by atoms with E-state index < -0.39 is 77.3 Å². The summed E-state index contributed by atoms with van der Waals surface area (Å²) in [7, 11) is 0. The Labute approximate surface area is 267 Å². The summed E-state index contributed by atoms with van der Waals surface area (Å²) in [6.07, 6.45) is -1.57. The molecule has 0 aliphatic heterocycles. The molecule has 0 bridgehead atoms. The summed E-state index contributed by atoms with van der Waals surface area (Å²) in [6.45, 7) is 4.32. The number of fused-ring (bicyclic) bond motifs is 4. The molecular formula is C31H28BrF6N5O3. The molecule has 0 spiro atoms. The van der Waals surface area contributed by atoms with Crippen molar-refractivity contribution < 1.29 is 40.7 Å². The first-order chi connectivity index (χ1) is 21.5. The van der Waals surface area contributed by atoms with E-state index in [4.69, 9.17) is 4.74 Å². The van der Waals surface area contributed by atoms with E-state index in [0.717, 1.165) is 12.1 Å². The maximum absolute atomic E-state index is 15.1. The highest BCUT2D eigenvalue weighted by molar-refractivity contribution is 9.10. The van der Waals surface area contributed by atoms with Crippen LogP contribution in [-0.4, -0.2) is 36.8 Å². The van der Waals surface area contributed by atoms with Crippen molar-refractivity contribution >= 4 is 38.8 Å². The van der Waals surface area contributed by atoms with Crippen LogP contribution >= 0.6 is 15.9 Å². The van der Waals surface area contributed by atoms with Crippen LogP contribution < -0.4 is 5.32 Å². The van der Waals surface area contributed by atoms with Gasteiger partial charge in [0.05, 0.1) is 22.8 Å². The zero-order valence-electron chi connectivity index (χ0n) is 24.8. The molecule has 3 aromatic heterocycles. The molecule has 4 aromatic rings. The molecule has 6 rings (SSSR count). The lowest BCUT2D eigenvalue weighted by atomic mass is 10.0. The minimum Gasteiger partial charge on any atom is -0.459 e. The Morgan fingerprint density at radius 1 is 1.11 bits per heavy atom. The Bertz CT molecular complexity index is 1850. The van der Waals surface area contributed by atoms with Crippen LogP contribution in [0.25, 0.3) is 11.0 Å². The second kappa shape index (κ2) is 11.4. The van der Waals surface area contributed by atoms with Crippen molar-refractivity contribution in [2.24, 2.45) is 5.92 Å². The maximum atomic E-state index is 15.1. The highest BCUT2D eigenvalue weighted by atomic mass is 79.9. The van der Waals surface area contributed by atoms with E-state index in [2.05, 4.69) is 31.3 Å².